The van der Waals surface area contributed by atoms with Crippen molar-refractivity contribution in [3.8, 4) is 0 Å². The molecule has 1 saturated heterocycles. The normalized spacial score (nSPS) is 20.3. The van der Waals surface area contributed by atoms with Crippen LogP contribution in [0.15, 0.2) is 12.3 Å². The molecule has 23 heavy (non-hydrogen) atoms. The highest BCUT2D eigenvalue weighted by molar-refractivity contribution is 5.80. The molecule has 2 N–H and O–H groups in total. The van der Waals surface area contributed by atoms with Gasteiger partial charge in [-0.1, -0.05) is 0 Å². The minimum atomic E-state index is -4.54. The van der Waals surface area contributed by atoms with Gasteiger partial charge in [0.25, 0.3) is 0 Å². The van der Waals surface area contributed by atoms with Gasteiger partial charge in [-0.3, -0.25) is 14.3 Å². The number of carbonyl (C=O) groups excluding carboxylic acids is 2. The first-order valence-electron chi connectivity index (χ1n) is 7.03. The number of amides is 2. The Morgan fingerprint density at radius 2 is 2.04 bits per heavy atom. The molecule has 0 aliphatic carbocycles. The summed E-state index contributed by atoms with van der Waals surface area (Å²) >= 11 is 0. The fraction of sp³-hybridized carbons (Fsp3) is 0.615. The van der Waals surface area contributed by atoms with Gasteiger partial charge in [0.15, 0.2) is 5.69 Å². The molecule has 2 rings (SSSR count). The lowest BCUT2D eigenvalue weighted by Gasteiger charge is -2.22. The summed E-state index contributed by atoms with van der Waals surface area (Å²) in [5.74, 6) is -1.41. The van der Waals surface area contributed by atoms with E-state index < -0.39 is 29.6 Å². The molecule has 1 aliphatic rings. The second-order valence-electron chi connectivity index (χ2n) is 5.60. The third kappa shape index (κ3) is 4.44. The van der Waals surface area contributed by atoms with Gasteiger partial charge in [0.1, 0.15) is 6.54 Å². The molecular weight excluding hydrogens is 315 g/mol. The van der Waals surface area contributed by atoms with Gasteiger partial charge in [0, 0.05) is 32.4 Å². The number of primary amides is 1. The zero-order valence-electron chi connectivity index (χ0n) is 12.6. The summed E-state index contributed by atoms with van der Waals surface area (Å²) in [6.07, 6.45) is -3.44. The first-order chi connectivity index (χ1) is 10.7. The number of rotatable bonds is 3. The lowest BCUT2D eigenvalue weighted by Crippen LogP contribution is -2.41. The molecule has 2 heterocycles. The zero-order chi connectivity index (χ0) is 17.2. The molecular formula is C13H18F3N5O2. The summed E-state index contributed by atoms with van der Waals surface area (Å²) in [6, 6.07) is 0.815. The SMILES string of the molecule is CN1CCN(C(=O)Cn2ccc(C(F)(F)F)n2)CC(C(N)=O)C1. The van der Waals surface area contributed by atoms with Crippen LogP contribution in [0.4, 0.5) is 13.2 Å². The lowest BCUT2D eigenvalue weighted by atomic mass is 10.1. The average Bonchev–Trinajstić information content (AvgIpc) is 2.81. The van der Waals surface area contributed by atoms with E-state index in [9.17, 15) is 22.8 Å². The van der Waals surface area contributed by atoms with Crippen LogP contribution in [0.25, 0.3) is 0 Å². The molecule has 1 unspecified atom stereocenters. The van der Waals surface area contributed by atoms with Crippen LogP contribution >= 0.6 is 0 Å². The Morgan fingerprint density at radius 3 is 2.61 bits per heavy atom. The molecule has 2 amide bonds. The second kappa shape index (κ2) is 6.57. The minimum absolute atomic E-state index is 0.159. The smallest absolute Gasteiger partial charge is 0.369 e. The molecule has 0 saturated carbocycles. The van der Waals surface area contributed by atoms with E-state index in [1.165, 1.54) is 4.90 Å². The summed E-state index contributed by atoms with van der Waals surface area (Å²) in [7, 11) is 1.81. The van der Waals surface area contributed by atoms with Crippen LogP contribution in [-0.4, -0.2) is 64.6 Å². The molecule has 0 radical (unpaired) electrons. The van der Waals surface area contributed by atoms with Crippen LogP contribution in [0.3, 0.4) is 0 Å². The molecule has 1 aliphatic heterocycles. The van der Waals surface area contributed by atoms with Crippen molar-refractivity contribution < 1.29 is 22.8 Å². The molecule has 1 atom stereocenters. The number of aromatic nitrogens is 2. The molecule has 7 nitrogen and oxygen atoms in total. The predicted octanol–water partition coefficient (Wildman–Crippen LogP) is -0.223. The molecule has 1 aromatic rings. The lowest BCUT2D eigenvalue weighted by molar-refractivity contribution is -0.142. The van der Waals surface area contributed by atoms with Gasteiger partial charge < -0.3 is 15.5 Å². The number of nitrogens with two attached hydrogens (primary N) is 1. The van der Waals surface area contributed by atoms with Crippen molar-refractivity contribution in [3.63, 3.8) is 0 Å². The van der Waals surface area contributed by atoms with E-state index in [4.69, 9.17) is 5.73 Å². The molecule has 1 fully saturated rings. The highest BCUT2D eigenvalue weighted by Crippen LogP contribution is 2.27. The van der Waals surface area contributed by atoms with Gasteiger partial charge in [-0.2, -0.15) is 18.3 Å². The van der Waals surface area contributed by atoms with Crippen LogP contribution < -0.4 is 5.73 Å². The first-order valence-corrected chi connectivity index (χ1v) is 7.03. The number of halogens is 3. The summed E-state index contributed by atoms with van der Waals surface area (Å²) in [6.45, 7) is 1.23. The van der Waals surface area contributed by atoms with E-state index in [2.05, 4.69) is 5.10 Å². The first kappa shape index (κ1) is 17.3. The van der Waals surface area contributed by atoms with Crippen LogP contribution in [0.2, 0.25) is 0 Å². The van der Waals surface area contributed by atoms with Crippen LogP contribution in [0, 0.1) is 5.92 Å². The molecule has 0 spiro atoms. The van der Waals surface area contributed by atoms with E-state index in [0.29, 0.717) is 19.6 Å². The Bertz CT molecular complexity index is 586. The van der Waals surface area contributed by atoms with Gasteiger partial charge >= 0.3 is 6.18 Å². The van der Waals surface area contributed by atoms with Crippen molar-refractivity contribution in [1.29, 1.82) is 0 Å². The number of nitrogens with zero attached hydrogens (tertiary/aromatic N) is 4. The highest BCUT2D eigenvalue weighted by Gasteiger charge is 2.34. The van der Waals surface area contributed by atoms with Crippen molar-refractivity contribution in [2.75, 3.05) is 33.2 Å². The second-order valence-corrected chi connectivity index (χ2v) is 5.60. The summed E-state index contributed by atoms with van der Waals surface area (Å²) in [4.78, 5) is 27.0. The predicted molar refractivity (Wildman–Crippen MR) is 74.0 cm³/mol. The van der Waals surface area contributed by atoms with Crippen LogP contribution in [0.1, 0.15) is 5.69 Å². The number of hydrogen-bond acceptors (Lipinski definition) is 4. The maximum Gasteiger partial charge on any atom is 0.435 e. The molecule has 1 aromatic heterocycles. The zero-order valence-corrected chi connectivity index (χ0v) is 12.6. The van der Waals surface area contributed by atoms with Gasteiger partial charge in [-0.25, -0.2) is 0 Å². The van der Waals surface area contributed by atoms with E-state index in [1.807, 2.05) is 11.9 Å². The van der Waals surface area contributed by atoms with Gasteiger partial charge in [-0.15, -0.1) is 0 Å². The van der Waals surface area contributed by atoms with Crippen molar-refractivity contribution in [2.45, 2.75) is 12.7 Å². The average molecular weight is 333 g/mol. The monoisotopic (exact) mass is 333 g/mol. The van der Waals surface area contributed by atoms with E-state index in [1.54, 1.807) is 0 Å². The molecule has 10 heteroatoms. The number of alkyl halides is 3. The Labute approximate surface area is 130 Å². The van der Waals surface area contributed by atoms with Gasteiger partial charge in [-0.05, 0) is 13.1 Å². The Hall–Kier alpha value is -2.10. The van der Waals surface area contributed by atoms with E-state index in [0.717, 1.165) is 16.9 Å². The van der Waals surface area contributed by atoms with Crippen LogP contribution in [-0.2, 0) is 22.3 Å². The summed E-state index contributed by atoms with van der Waals surface area (Å²) in [5, 5.41) is 3.35. The quantitative estimate of drug-likeness (QED) is 0.829. The standard InChI is InChI=1S/C13H18F3N5O2/c1-19-4-5-20(7-9(6-19)12(17)23)11(22)8-21-3-2-10(18-21)13(14,15)16/h2-3,9H,4-8H2,1H3,(H2,17,23). The fourth-order valence-corrected chi connectivity index (χ4v) is 2.42. The third-order valence-corrected chi connectivity index (χ3v) is 3.71. The maximum atomic E-state index is 12.5. The highest BCUT2D eigenvalue weighted by atomic mass is 19.4. The fourth-order valence-electron chi connectivity index (χ4n) is 2.42. The third-order valence-electron chi connectivity index (χ3n) is 3.71. The maximum absolute atomic E-state index is 12.5. The number of carbonyl (C=O) groups is 2. The van der Waals surface area contributed by atoms with Crippen LogP contribution in [0.5, 0.6) is 0 Å². The minimum Gasteiger partial charge on any atom is -0.369 e. The summed E-state index contributed by atoms with van der Waals surface area (Å²) < 4.78 is 38.4. The van der Waals surface area contributed by atoms with Gasteiger partial charge in [0.2, 0.25) is 11.8 Å². The van der Waals surface area contributed by atoms with Crippen molar-refractivity contribution in [3.05, 3.63) is 18.0 Å². The Balaban J connectivity index is 2.04. The van der Waals surface area contributed by atoms with E-state index >= 15 is 0 Å². The topological polar surface area (TPSA) is 84.5 Å². The Kier molecular flexibility index (Phi) is 4.93. The summed E-state index contributed by atoms with van der Waals surface area (Å²) in [5.41, 5.74) is 4.27. The number of hydrogen-bond donors (Lipinski definition) is 1. The van der Waals surface area contributed by atoms with Crippen molar-refractivity contribution in [2.24, 2.45) is 11.7 Å². The van der Waals surface area contributed by atoms with Gasteiger partial charge in [0.05, 0.1) is 5.92 Å². The van der Waals surface area contributed by atoms with Crippen molar-refractivity contribution in [1.82, 2.24) is 19.6 Å². The molecule has 128 valence electrons. The largest absolute Gasteiger partial charge is 0.435 e. The van der Waals surface area contributed by atoms with E-state index in [-0.39, 0.29) is 13.1 Å². The molecule has 0 bridgehead atoms. The Morgan fingerprint density at radius 1 is 1.35 bits per heavy atom. The molecule has 0 aromatic carbocycles. The van der Waals surface area contributed by atoms with Crippen molar-refractivity contribution >= 4 is 11.8 Å². The number of likely N-dealkylation sites (N-methyl/N-ethyl adjacent to an activating group) is 1.